The van der Waals surface area contributed by atoms with E-state index in [4.69, 9.17) is 10.5 Å². The van der Waals surface area contributed by atoms with Gasteiger partial charge in [-0.2, -0.15) is 4.68 Å². The van der Waals surface area contributed by atoms with Crippen molar-refractivity contribution in [2.45, 2.75) is 37.2 Å². The lowest BCUT2D eigenvalue weighted by molar-refractivity contribution is -0.128. The first-order valence-electron chi connectivity index (χ1n) is 9.79. The van der Waals surface area contributed by atoms with Gasteiger partial charge < -0.3 is 10.5 Å². The molecule has 158 valence electrons. The second-order valence-electron chi connectivity index (χ2n) is 7.86. The molecule has 10 heteroatoms. The van der Waals surface area contributed by atoms with Crippen LogP contribution in [0.5, 0.6) is 0 Å². The SMILES string of the molecule is NC(=O)C1(OC(=O)c2cc(-c3ccc(F)cc3F)cc(-n3nnnc3C3CC3)c2)CC1. The summed E-state index contributed by atoms with van der Waals surface area (Å²) in [7, 11) is 0. The highest BCUT2D eigenvalue weighted by Crippen LogP contribution is 2.41. The summed E-state index contributed by atoms with van der Waals surface area (Å²) in [5.41, 5.74) is 4.94. The van der Waals surface area contributed by atoms with E-state index in [1.165, 1.54) is 22.9 Å². The molecular weight excluding hydrogens is 408 g/mol. The Balaban J connectivity index is 1.61. The number of carbonyl (C=O) groups excluding carboxylic acids is 2. The van der Waals surface area contributed by atoms with Crippen LogP contribution >= 0.6 is 0 Å². The highest BCUT2D eigenvalue weighted by atomic mass is 19.1. The van der Waals surface area contributed by atoms with E-state index in [1.807, 2.05) is 0 Å². The molecule has 3 aromatic rings. The lowest BCUT2D eigenvalue weighted by Gasteiger charge is -2.15. The fraction of sp³-hybridized carbons (Fsp3) is 0.286. The molecule has 0 unspecified atom stereocenters. The number of primary amides is 1. The fourth-order valence-electron chi connectivity index (χ4n) is 3.45. The van der Waals surface area contributed by atoms with Crippen LogP contribution in [-0.4, -0.2) is 37.7 Å². The zero-order valence-electron chi connectivity index (χ0n) is 16.2. The van der Waals surface area contributed by atoms with Gasteiger partial charge in [0.15, 0.2) is 11.4 Å². The first kappa shape index (κ1) is 19.3. The van der Waals surface area contributed by atoms with Gasteiger partial charge in [0.25, 0.3) is 5.91 Å². The highest BCUT2D eigenvalue weighted by molar-refractivity contribution is 5.96. The summed E-state index contributed by atoms with van der Waals surface area (Å²) >= 11 is 0. The smallest absolute Gasteiger partial charge is 0.339 e. The molecule has 0 aliphatic heterocycles. The minimum atomic E-state index is -1.30. The molecule has 2 aliphatic carbocycles. The Kier molecular flexibility index (Phi) is 4.31. The minimum Gasteiger partial charge on any atom is -0.445 e. The zero-order valence-corrected chi connectivity index (χ0v) is 16.2. The Morgan fingerprint density at radius 2 is 1.90 bits per heavy atom. The molecule has 2 aromatic carbocycles. The molecule has 0 spiro atoms. The van der Waals surface area contributed by atoms with Crippen LogP contribution in [-0.2, 0) is 9.53 Å². The molecule has 2 N–H and O–H groups in total. The largest absolute Gasteiger partial charge is 0.445 e. The average molecular weight is 425 g/mol. The number of nitrogens with two attached hydrogens (primary N) is 1. The number of tetrazole rings is 1. The molecule has 1 heterocycles. The van der Waals surface area contributed by atoms with E-state index in [2.05, 4.69) is 15.5 Å². The molecule has 1 aromatic heterocycles. The van der Waals surface area contributed by atoms with Crippen molar-refractivity contribution in [1.29, 1.82) is 0 Å². The number of carbonyl (C=O) groups is 2. The molecule has 1 amide bonds. The van der Waals surface area contributed by atoms with Crippen molar-refractivity contribution in [3.8, 4) is 16.8 Å². The standard InChI is InChI=1S/C21H17F2N5O3/c22-14-3-4-16(17(23)10-14)12-7-13(19(29)31-21(5-6-21)20(24)30)9-15(8-12)28-18(11-1-2-11)25-26-27-28/h3-4,7-11H,1-2,5-6H2,(H2,24,30). The number of ether oxygens (including phenoxy) is 1. The monoisotopic (exact) mass is 425 g/mol. The summed E-state index contributed by atoms with van der Waals surface area (Å²) in [5, 5.41) is 11.8. The zero-order chi connectivity index (χ0) is 21.8. The van der Waals surface area contributed by atoms with Crippen LogP contribution in [0.25, 0.3) is 16.8 Å². The van der Waals surface area contributed by atoms with Crippen molar-refractivity contribution in [3.63, 3.8) is 0 Å². The summed E-state index contributed by atoms with van der Waals surface area (Å²) < 4.78 is 34.7. The fourth-order valence-corrected chi connectivity index (χ4v) is 3.45. The van der Waals surface area contributed by atoms with Crippen molar-refractivity contribution in [2.75, 3.05) is 0 Å². The third kappa shape index (κ3) is 3.54. The summed E-state index contributed by atoms with van der Waals surface area (Å²) in [6.07, 6.45) is 2.60. The number of hydrogen-bond acceptors (Lipinski definition) is 6. The maximum absolute atomic E-state index is 14.5. The number of aromatic nitrogens is 4. The van der Waals surface area contributed by atoms with Crippen LogP contribution < -0.4 is 5.73 Å². The van der Waals surface area contributed by atoms with Gasteiger partial charge in [-0.05, 0) is 59.2 Å². The number of hydrogen-bond donors (Lipinski definition) is 1. The maximum Gasteiger partial charge on any atom is 0.339 e. The summed E-state index contributed by atoms with van der Waals surface area (Å²) in [6, 6.07) is 7.70. The lowest BCUT2D eigenvalue weighted by Crippen LogP contribution is -2.35. The highest BCUT2D eigenvalue weighted by Gasteiger charge is 2.53. The van der Waals surface area contributed by atoms with Crippen molar-refractivity contribution in [3.05, 3.63) is 59.4 Å². The molecule has 0 bridgehead atoms. The van der Waals surface area contributed by atoms with Gasteiger partial charge in [0.05, 0.1) is 11.3 Å². The van der Waals surface area contributed by atoms with E-state index in [1.54, 1.807) is 6.07 Å². The molecule has 8 nitrogen and oxygen atoms in total. The third-order valence-corrected chi connectivity index (χ3v) is 5.52. The van der Waals surface area contributed by atoms with Crippen molar-refractivity contribution < 1.29 is 23.1 Å². The molecule has 2 aliphatic rings. The normalized spacial score (nSPS) is 16.7. The number of esters is 1. The van der Waals surface area contributed by atoms with Crippen molar-refractivity contribution in [1.82, 2.24) is 20.2 Å². The van der Waals surface area contributed by atoms with Gasteiger partial charge in [0, 0.05) is 30.4 Å². The molecule has 2 saturated carbocycles. The summed E-state index contributed by atoms with van der Waals surface area (Å²) in [5.74, 6) is -2.15. The van der Waals surface area contributed by atoms with Gasteiger partial charge in [-0.3, -0.25) is 4.79 Å². The topological polar surface area (TPSA) is 113 Å². The molecule has 31 heavy (non-hydrogen) atoms. The van der Waals surface area contributed by atoms with Crippen LogP contribution in [0.4, 0.5) is 8.78 Å². The molecular formula is C21H17F2N5O3. The predicted molar refractivity (Wildman–Crippen MR) is 103 cm³/mol. The van der Waals surface area contributed by atoms with E-state index in [0.29, 0.717) is 29.9 Å². The molecule has 5 rings (SSSR count). The third-order valence-electron chi connectivity index (χ3n) is 5.52. The van der Waals surface area contributed by atoms with Crippen molar-refractivity contribution in [2.24, 2.45) is 5.73 Å². The number of amides is 1. The number of benzene rings is 2. The van der Waals surface area contributed by atoms with Crippen LogP contribution in [0.2, 0.25) is 0 Å². The van der Waals surface area contributed by atoms with Crippen molar-refractivity contribution >= 4 is 11.9 Å². The number of halogens is 2. The van der Waals surface area contributed by atoms with E-state index in [0.717, 1.165) is 25.0 Å². The van der Waals surface area contributed by atoms with E-state index < -0.39 is 29.1 Å². The second kappa shape index (κ2) is 6.93. The number of rotatable bonds is 6. The van der Waals surface area contributed by atoms with Gasteiger partial charge in [0.2, 0.25) is 0 Å². The van der Waals surface area contributed by atoms with Gasteiger partial charge in [0.1, 0.15) is 11.6 Å². The van der Waals surface area contributed by atoms with Crippen LogP contribution in [0.15, 0.2) is 36.4 Å². The van der Waals surface area contributed by atoms with Crippen LogP contribution in [0, 0.1) is 11.6 Å². The molecule has 0 radical (unpaired) electrons. The van der Waals surface area contributed by atoms with E-state index in [-0.39, 0.29) is 17.0 Å². The van der Waals surface area contributed by atoms with Gasteiger partial charge >= 0.3 is 5.97 Å². The Hall–Kier alpha value is -3.69. The Morgan fingerprint density at radius 3 is 2.55 bits per heavy atom. The summed E-state index contributed by atoms with van der Waals surface area (Å²) in [6.45, 7) is 0. The Morgan fingerprint density at radius 1 is 1.13 bits per heavy atom. The quantitative estimate of drug-likeness (QED) is 0.608. The lowest BCUT2D eigenvalue weighted by atomic mass is 10.0. The van der Waals surface area contributed by atoms with Crippen LogP contribution in [0.1, 0.15) is 47.8 Å². The average Bonchev–Trinajstić information content (AvgIpc) is 3.67. The van der Waals surface area contributed by atoms with Gasteiger partial charge in [-0.1, -0.05) is 0 Å². The summed E-state index contributed by atoms with van der Waals surface area (Å²) in [4.78, 5) is 24.5. The Bertz CT molecular complexity index is 1220. The Labute approximate surface area is 175 Å². The number of nitrogens with zero attached hydrogens (tertiary/aromatic N) is 4. The van der Waals surface area contributed by atoms with E-state index in [9.17, 15) is 18.4 Å². The first-order chi connectivity index (χ1) is 14.9. The first-order valence-corrected chi connectivity index (χ1v) is 9.79. The molecule has 0 atom stereocenters. The second-order valence-corrected chi connectivity index (χ2v) is 7.86. The van der Waals surface area contributed by atoms with Gasteiger partial charge in [-0.25, -0.2) is 13.6 Å². The van der Waals surface area contributed by atoms with E-state index >= 15 is 0 Å². The minimum absolute atomic E-state index is 0.0704. The maximum atomic E-state index is 14.5. The predicted octanol–water partition coefficient (Wildman–Crippen LogP) is 2.66. The van der Waals surface area contributed by atoms with Crippen LogP contribution in [0.3, 0.4) is 0 Å². The van der Waals surface area contributed by atoms with Gasteiger partial charge in [-0.15, -0.1) is 5.10 Å². The molecule has 2 fully saturated rings. The molecule has 0 saturated heterocycles.